The number of nitrogens with one attached hydrogen (secondary N) is 1. The van der Waals surface area contributed by atoms with E-state index in [0.29, 0.717) is 35.1 Å². The average Bonchev–Trinajstić information content (AvgIpc) is 3.06. The van der Waals surface area contributed by atoms with Crippen molar-refractivity contribution in [3.8, 4) is 5.75 Å². The number of amides is 2. The lowest BCUT2D eigenvalue weighted by Gasteiger charge is -2.34. The molecule has 0 radical (unpaired) electrons. The summed E-state index contributed by atoms with van der Waals surface area (Å²) in [5.41, 5.74) is 1.04. The van der Waals surface area contributed by atoms with E-state index in [0.717, 1.165) is 5.01 Å². The van der Waals surface area contributed by atoms with Crippen molar-refractivity contribution in [3.63, 3.8) is 0 Å². The van der Waals surface area contributed by atoms with Crippen LogP contribution in [0.15, 0.2) is 23.1 Å². The van der Waals surface area contributed by atoms with Gasteiger partial charge >= 0.3 is 0 Å². The van der Waals surface area contributed by atoms with Crippen LogP contribution in [0, 0.1) is 13.8 Å². The SMILES string of the molecule is Cc1nc(C)c(C(=O)N2CCN(S(=O)(=O)c3ccc4c(c3)NC(=O)C(C)O4)CC2)s1. The molecule has 1 atom stereocenters. The van der Waals surface area contributed by atoms with Gasteiger partial charge in [0.25, 0.3) is 11.8 Å². The van der Waals surface area contributed by atoms with Crippen molar-refractivity contribution in [2.75, 3.05) is 31.5 Å². The zero-order chi connectivity index (χ0) is 21.6. The normalized spacial score (nSPS) is 19.8. The lowest BCUT2D eigenvalue weighted by molar-refractivity contribution is -0.122. The molecule has 1 fully saturated rings. The third kappa shape index (κ3) is 3.68. The molecular formula is C19H22N4O5S2. The number of anilines is 1. The van der Waals surface area contributed by atoms with Crippen molar-refractivity contribution in [2.24, 2.45) is 0 Å². The number of thiazole rings is 1. The molecular weight excluding hydrogens is 428 g/mol. The van der Waals surface area contributed by atoms with E-state index in [2.05, 4.69) is 10.3 Å². The minimum absolute atomic E-state index is 0.0772. The van der Waals surface area contributed by atoms with Crippen LogP contribution < -0.4 is 10.1 Å². The Morgan fingerprint density at radius 2 is 1.93 bits per heavy atom. The lowest BCUT2D eigenvalue weighted by atomic mass is 10.2. The molecule has 1 unspecified atom stereocenters. The summed E-state index contributed by atoms with van der Waals surface area (Å²) in [6.07, 6.45) is -0.628. The second kappa shape index (κ2) is 7.64. The highest BCUT2D eigenvalue weighted by Crippen LogP contribution is 2.33. The van der Waals surface area contributed by atoms with E-state index < -0.39 is 16.1 Å². The predicted octanol–water partition coefficient (Wildman–Crippen LogP) is 1.63. The van der Waals surface area contributed by atoms with Crippen LogP contribution in [0.3, 0.4) is 0 Å². The fourth-order valence-electron chi connectivity index (χ4n) is 3.50. The fourth-order valence-corrected chi connectivity index (χ4v) is 5.84. The Kier molecular flexibility index (Phi) is 5.28. The molecule has 4 rings (SSSR count). The smallest absolute Gasteiger partial charge is 0.265 e. The lowest BCUT2D eigenvalue weighted by Crippen LogP contribution is -2.50. The van der Waals surface area contributed by atoms with Crippen LogP contribution in [0.25, 0.3) is 0 Å². The quantitative estimate of drug-likeness (QED) is 0.761. The number of rotatable bonds is 3. The maximum atomic E-state index is 13.1. The van der Waals surface area contributed by atoms with Gasteiger partial charge in [0.05, 0.1) is 21.3 Å². The number of hydrogen-bond acceptors (Lipinski definition) is 7. The van der Waals surface area contributed by atoms with Gasteiger partial charge in [-0.3, -0.25) is 9.59 Å². The summed E-state index contributed by atoms with van der Waals surface area (Å²) < 4.78 is 33.0. The minimum Gasteiger partial charge on any atom is -0.479 e. The third-order valence-corrected chi connectivity index (χ3v) is 8.10. The highest BCUT2D eigenvalue weighted by molar-refractivity contribution is 7.89. The monoisotopic (exact) mass is 450 g/mol. The molecule has 1 aromatic heterocycles. The van der Waals surface area contributed by atoms with E-state index in [-0.39, 0.29) is 29.8 Å². The Morgan fingerprint density at radius 3 is 2.57 bits per heavy atom. The summed E-state index contributed by atoms with van der Waals surface area (Å²) in [6, 6.07) is 4.43. The first-order valence-electron chi connectivity index (χ1n) is 9.52. The van der Waals surface area contributed by atoms with Gasteiger partial charge in [-0.15, -0.1) is 11.3 Å². The Morgan fingerprint density at radius 1 is 1.23 bits per heavy atom. The number of nitrogens with zero attached hydrogens (tertiary/aromatic N) is 3. The molecule has 0 aliphatic carbocycles. The van der Waals surface area contributed by atoms with E-state index in [1.54, 1.807) is 24.8 Å². The van der Waals surface area contributed by atoms with E-state index in [9.17, 15) is 18.0 Å². The number of piperazine rings is 1. The van der Waals surface area contributed by atoms with Gasteiger partial charge in [-0.05, 0) is 39.0 Å². The van der Waals surface area contributed by atoms with Gasteiger partial charge in [-0.1, -0.05) is 0 Å². The summed E-state index contributed by atoms with van der Waals surface area (Å²) in [5, 5.41) is 3.50. The highest BCUT2D eigenvalue weighted by atomic mass is 32.2. The van der Waals surface area contributed by atoms with Crippen molar-refractivity contribution in [1.29, 1.82) is 0 Å². The molecule has 1 aromatic carbocycles. The zero-order valence-corrected chi connectivity index (χ0v) is 18.5. The van der Waals surface area contributed by atoms with E-state index >= 15 is 0 Å². The average molecular weight is 451 g/mol. The van der Waals surface area contributed by atoms with E-state index in [1.807, 2.05) is 6.92 Å². The van der Waals surface area contributed by atoms with Gasteiger partial charge in [0.1, 0.15) is 10.6 Å². The van der Waals surface area contributed by atoms with Gasteiger partial charge < -0.3 is 15.0 Å². The number of aromatic nitrogens is 1. The van der Waals surface area contributed by atoms with Crippen molar-refractivity contribution in [1.82, 2.24) is 14.2 Å². The van der Waals surface area contributed by atoms with E-state index in [4.69, 9.17) is 4.74 Å². The van der Waals surface area contributed by atoms with Crippen LogP contribution in [0.2, 0.25) is 0 Å². The van der Waals surface area contributed by atoms with Crippen LogP contribution in [-0.2, 0) is 14.8 Å². The number of aryl methyl sites for hydroxylation is 2. The minimum atomic E-state index is -3.77. The molecule has 0 spiro atoms. The number of fused-ring (bicyclic) bond motifs is 1. The van der Waals surface area contributed by atoms with Gasteiger partial charge in [0.15, 0.2) is 6.10 Å². The number of sulfonamides is 1. The Hall–Kier alpha value is -2.50. The predicted molar refractivity (Wildman–Crippen MR) is 111 cm³/mol. The van der Waals surface area contributed by atoms with Gasteiger partial charge in [-0.2, -0.15) is 4.31 Å². The zero-order valence-electron chi connectivity index (χ0n) is 16.8. The van der Waals surface area contributed by atoms with Gasteiger partial charge in [0.2, 0.25) is 10.0 Å². The fraction of sp³-hybridized carbons (Fsp3) is 0.421. The molecule has 30 heavy (non-hydrogen) atoms. The van der Waals surface area contributed by atoms with Gasteiger partial charge in [0, 0.05) is 26.2 Å². The molecule has 2 aliphatic heterocycles. The molecule has 9 nitrogen and oxygen atoms in total. The Labute approximate surface area is 178 Å². The molecule has 0 bridgehead atoms. The summed E-state index contributed by atoms with van der Waals surface area (Å²) in [6.45, 7) is 6.28. The largest absolute Gasteiger partial charge is 0.479 e. The topological polar surface area (TPSA) is 109 Å². The Balaban J connectivity index is 1.48. The van der Waals surface area contributed by atoms with Crippen molar-refractivity contribution in [3.05, 3.63) is 33.8 Å². The molecule has 11 heteroatoms. The number of ether oxygens (including phenoxy) is 1. The highest BCUT2D eigenvalue weighted by Gasteiger charge is 2.33. The summed E-state index contributed by atoms with van der Waals surface area (Å²) in [5.74, 6) is 0.00219. The van der Waals surface area contributed by atoms with Crippen molar-refractivity contribution < 1.29 is 22.7 Å². The van der Waals surface area contributed by atoms with Crippen LogP contribution in [0.4, 0.5) is 5.69 Å². The van der Waals surface area contributed by atoms with Crippen LogP contribution in [0.1, 0.15) is 27.3 Å². The first kappa shape index (κ1) is 20.8. The second-order valence-electron chi connectivity index (χ2n) is 7.25. The molecule has 3 heterocycles. The summed E-state index contributed by atoms with van der Waals surface area (Å²) >= 11 is 1.35. The maximum absolute atomic E-state index is 13.1. The first-order valence-corrected chi connectivity index (χ1v) is 11.8. The first-order chi connectivity index (χ1) is 14.2. The molecule has 2 amide bonds. The molecule has 2 aromatic rings. The molecule has 0 saturated carbocycles. The molecule has 160 valence electrons. The van der Waals surface area contributed by atoms with Crippen molar-refractivity contribution in [2.45, 2.75) is 31.8 Å². The molecule has 1 N–H and O–H groups in total. The molecule has 2 aliphatic rings. The van der Waals surface area contributed by atoms with Gasteiger partial charge in [-0.25, -0.2) is 13.4 Å². The number of carbonyl (C=O) groups is 2. The Bertz CT molecular complexity index is 1120. The standard InChI is InChI=1S/C19H22N4O5S2/c1-11-17(29-13(3)20-11)19(25)22-6-8-23(9-7-22)30(26,27)14-4-5-16-15(10-14)21-18(24)12(2)28-16/h4-5,10,12H,6-9H2,1-3H3,(H,21,24). The maximum Gasteiger partial charge on any atom is 0.265 e. The third-order valence-electron chi connectivity index (χ3n) is 5.14. The summed E-state index contributed by atoms with van der Waals surface area (Å²) in [4.78, 5) is 31.2. The van der Waals surface area contributed by atoms with Crippen LogP contribution >= 0.6 is 11.3 Å². The summed E-state index contributed by atoms with van der Waals surface area (Å²) in [7, 11) is -3.77. The van der Waals surface area contributed by atoms with Crippen molar-refractivity contribution >= 4 is 38.9 Å². The number of benzene rings is 1. The number of hydrogen-bond donors (Lipinski definition) is 1. The van der Waals surface area contributed by atoms with E-state index in [1.165, 1.54) is 27.8 Å². The van der Waals surface area contributed by atoms with Crippen LogP contribution in [-0.4, -0.2) is 66.7 Å². The van der Waals surface area contributed by atoms with Crippen LogP contribution in [0.5, 0.6) is 5.75 Å². The second-order valence-corrected chi connectivity index (χ2v) is 10.4. The number of carbonyl (C=O) groups excluding carboxylic acids is 2. The molecule has 1 saturated heterocycles.